The fourth-order valence-electron chi connectivity index (χ4n) is 2.74. The second-order valence-corrected chi connectivity index (χ2v) is 5.44. The molecule has 118 valence electrons. The Hall–Kier alpha value is -2.82. The lowest BCUT2D eigenvalue weighted by atomic mass is 9.99. The van der Waals surface area contributed by atoms with Crippen molar-refractivity contribution in [3.63, 3.8) is 0 Å². The maximum atomic E-state index is 10.5. The number of imidazole rings is 1. The van der Waals surface area contributed by atoms with E-state index in [1.807, 2.05) is 29.7 Å². The van der Waals surface area contributed by atoms with E-state index >= 15 is 0 Å². The van der Waals surface area contributed by atoms with Gasteiger partial charge in [-0.2, -0.15) is 0 Å². The van der Waals surface area contributed by atoms with Gasteiger partial charge in [0, 0.05) is 6.20 Å². The van der Waals surface area contributed by atoms with Gasteiger partial charge >= 0.3 is 0 Å². The number of hydrogen-bond donors (Lipinski definition) is 1. The topological polar surface area (TPSA) is 55.6 Å². The Morgan fingerprint density at radius 2 is 2.04 bits per heavy atom. The highest BCUT2D eigenvalue weighted by Crippen LogP contribution is 2.31. The number of anilines is 1. The lowest BCUT2D eigenvalue weighted by molar-refractivity contribution is -0.105. The third-order valence-corrected chi connectivity index (χ3v) is 3.79. The second-order valence-electron chi connectivity index (χ2n) is 5.44. The predicted octanol–water partition coefficient (Wildman–Crippen LogP) is 3.59. The minimum Gasteiger partial charge on any atom is -0.494 e. The second kappa shape index (κ2) is 6.12. The van der Waals surface area contributed by atoms with Gasteiger partial charge in [-0.15, -0.1) is 0 Å². The third-order valence-electron chi connectivity index (χ3n) is 3.79. The van der Waals surface area contributed by atoms with Gasteiger partial charge in [0.15, 0.2) is 5.82 Å². The lowest BCUT2D eigenvalue weighted by Gasteiger charge is -2.13. The first-order chi connectivity index (χ1) is 11.1. The largest absolute Gasteiger partial charge is 0.494 e. The molecule has 0 aliphatic carbocycles. The number of carbonyl (C=O) groups excluding carboxylic acids is 1. The van der Waals surface area contributed by atoms with E-state index in [1.165, 1.54) is 5.56 Å². The number of nitrogens with one attached hydrogen (secondary N) is 1. The molecule has 0 aliphatic heterocycles. The number of ether oxygens (including phenoxy) is 1. The number of hydrogen-bond acceptors (Lipinski definition) is 3. The molecule has 0 fully saturated rings. The van der Waals surface area contributed by atoms with Gasteiger partial charge in [0.2, 0.25) is 6.41 Å². The van der Waals surface area contributed by atoms with Crippen LogP contribution < -0.4 is 10.1 Å². The summed E-state index contributed by atoms with van der Waals surface area (Å²) in [5, 5.41) is 2.57. The van der Waals surface area contributed by atoms with Crippen molar-refractivity contribution in [1.82, 2.24) is 9.38 Å². The summed E-state index contributed by atoms with van der Waals surface area (Å²) in [7, 11) is 0. The molecule has 0 unspecified atom stereocenters. The van der Waals surface area contributed by atoms with Gasteiger partial charge in [0.1, 0.15) is 11.4 Å². The number of rotatable bonds is 5. The molecule has 5 heteroatoms. The zero-order chi connectivity index (χ0) is 16.4. The molecule has 0 atom stereocenters. The van der Waals surface area contributed by atoms with E-state index in [9.17, 15) is 4.79 Å². The maximum absolute atomic E-state index is 10.5. The SMILES string of the molecule is CCOc1cc(-c2ccc3nc(NC=O)cn3c2)c(C)cc1C. The summed E-state index contributed by atoms with van der Waals surface area (Å²) < 4.78 is 7.61. The highest BCUT2D eigenvalue weighted by atomic mass is 16.5. The molecule has 0 spiro atoms. The highest BCUT2D eigenvalue weighted by molar-refractivity contribution is 5.73. The number of fused-ring (bicyclic) bond motifs is 1. The van der Waals surface area contributed by atoms with Gasteiger partial charge < -0.3 is 14.5 Å². The molecule has 1 aromatic carbocycles. The fourth-order valence-corrected chi connectivity index (χ4v) is 2.74. The van der Waals surface area contributed by atoms with Crippen LogP contribution in [0.25, 0.3) is 16.8 Å². The molecule has 0 bridgehead atoms. The molecule has 0 aliphatic rings. The van der Waals surface area contributed by atoms with Crippen molar-refractivity contribution >= 4 is 17.9 Å². The van der Waals surface area contributed by atoms with Crippen LogP contribution in [-0.4, -0.2) is 22.4 Å². The third kappa shape index (κ3) is 2.90. The summed E-state index contributed by atoms with van der Waals surface area (Å²) in [6, 6.07) is 8.18. The number of carbonyl (C=O) groups is 1. The molecule has 3 aromatic rings. The van der Waals surface area contributed by atoms with Crippen LogP contribution in [-0.2, 0) is 4.79 Å². The molecular formula is C18H19N3O2. The quantitative estimate of drug-likeness (QED) is 0.733. The van der Waals surface area contributed by atoms with Gasteiger partial charge in [-0.3, -0.25) is 4.79 Å². The summed E-state index contributed by atoms with van der Waals surface area (Å²) in [4.78, 5) is 14.9. The molecule has 1 N–H and O–H groups in total. The minimum absolute atomic E-state index is 0.535. The monoisotopic (exact) mass is 309 g/mol. The van der Waals surface area contributed by atoms with E-state index in [2.05, 4.69) is 36.3 Å². The zero-order valence-electron chi connectivity index (χ0n) is 13.5. The standard InChI is InChI=1S/C18H19N3O2/c1-4-23-16-8-15(12(2)7-13(16)3)14-5-6-18-20-17(19-11-22)10-21(18)9-14/h5-11H,4H2,1-3H3,(H,19,22). The molecule has 2 aromatic heterocycles. The molecule has 0 saturated carbocycles. The van der Waals surface area contributed by atoms with E-state index in [0.29, 0.717) is 18.8 Å². The average molecular weight is 309 g/mol. The van der Waals surface area contributed by atoms with Gasteiger partial charge in [0.05, 0.1) is 12.8 Å². The van der Waals surface area contributed by atoms with Gasteiger partial charge in [0.25, 0.3) is 0 Å². The van der Waals surface area contributed by atoms with Crippen molar-refractivity contribution in [2.24, 2.45) is 0 Å². The van der Waals surface area contributed by atoms with Crippen LogP contribution in [0.1, 0.15) is 18.1 Å². The van der Waals surface area contributed by atoms with Crippen LogP contribution in [0.2, 0.25) is 0 Å². The van der Waals surface area contributed by atoms with Gasteiger partial charge in [-0.1, -0.05) is 6.07 Å². The van der Waals surface area contributed by atoms with Crippen molar-refractivity contribution in [1.29, 1.82) is 0 Å². The first kappa shape index (κ1) is 15.1. The Morgan fingerprint density at radius 1 is 1.22 bits per heavy atom. The molecule has 23 heavy (non-hydrogen) atoms. The number of aromatic nitrogens is 2. The van der Waals surface area contributed by atoms with Crippen molar-refractivity contribution in [3.8, 4) is 16.9 Å². The van der Waals surface area contributed by atoms with Gasteiger partial charge in [-0.25, -0.2) is 4.98 Å². The fraction of sp³-hybridized carbons (Fsp3) is 0.222. The smallest absolute Gasteiger partial charge is 0.212 e. The Balaban J connectivity index is 2.08. The number of aryl methyl sites for hydroxylation is 2. The first-order valence-electron chi connectivity index (χ1n) is 7.55. The number of nitrogens with zero attached hydrogens (tertiary/aromatic N) is 2. The molecule has 0 saturated heterocycles. The molecule has 5 nitrogen and oxygen atoms in total. The van der Waals surface area contributed by atoms with Crippen LogP contribution in [0.3, 0.4) is 0 Å². The van der Waals surface area contributed by atoms with Crippen LogP contribution in [0, 0.1) is 13.8 Å². The van der Waals surface area contributed by atoms with Crippen molar-refractivity contribution in [2.75, 3.05) is 11.9 Å². The Kier molecular flexibility index (Phi) is 4.02. The van der Waals surface area contributed by atoms with Crippen molar-refractivity contribution in [3.05, 3.63) is 47.8 Å². The van der Waals surface area contributed by atoms with E-state index in [0.717, 1.165) is 28.1 Å². The molecule has 0 radical (unpaired) electrons. The normalized spacial score (nSPS) is 10.7. The summed E-state index contributed by atoms with van der Waals surface area (Å²) >= 11 is 0. The van der Waals surface area contributed by atoms with E-state index in [-0.39, 0.29) is 0 Å². The van der Waals surface area contributed by atoms with Crippen molar-refractivity contribution in [2.45, 2.75) is 20.8 Å². The Labute approximate surface area is 134 Å². The number of amides is 1. The van der Waals surface area contributed by atoms with Crippen LogP contribution in [0.4, 0.5) is 5.82 Å². The maximum Gasteiger partial charge on any atom is 0.212 e. The molecule has 2 heterocycles. The lowest BCUT2D eigenvalue weighted by Crippen LogP contribution is -1.96. The molecular weight excluding hydrogens is 290 g/mol. The Bertz CT molecular complexity index is 868. The van der Waals surface area contributed by atoms with Crippen LogP contribution in [0.5, 0.6) is 5.75 Å². The molecule has 1 amide bonds. The van der Waals surface area contributed by atoms with E-state index < -0.39 is 0 Å². The van der Waals surface area contributed by atoms with E-state index in [4.69, 9.17) is 4.74 Å². The average Bonchev–Trinajstić information content (AvgIpc) is 2.92. The first-order valence-corrected chi connectivity index (χ1v) is 7.55. The number of pyridine rings is 1. The highest BCUT2D eigenvalue weighted by Gasteiger charge is 2.09. The minimum atomic E-state index is 0.535. The van der Waals surface area contributed by atoms with Gasteiger partial charge in [-0.05, 0) is 61.2 Å². The Morgan fingerprint density at radius 3 is 2.78 bits per heavy atom. The predicted molar refractivity (Wildman–Crippen MR) is 91.0 cm³/mol. The van der Waals surface area contributed by atoms with Crippen LogP contribution in [0.15, 0.2) is 36.7 Å². The summed E-state index contributed by atoms with van der Waals surface area (Å²) in [5.74, 6) is 1.44. The summed E-state index contributed by atoms with van der Waals surface area (Å²) in [6.07, 6.45) is 4.42. The number of benzene rings is 1. The molecule has 3 rings (SSSR count). The summed E-state index contributed by atoms with van der Waals surface area (Å²) in [6.45, 7) is 6.77. The van der Waals surface area contributed by atoms with Crippen molar-refractivity contribution < 1.29 is 9.53 Å². The zero-order valence-corrected chi connectivity index (χ0v) is 13.5. The van der Waals surface area contributed by atoms with E-state index in [1.54, 1.807) is 6.20 Å². The van der Waals surface area contributed by atoms with Crippen LogP contribution >= 0.6 is 0 Å². The summed E-state index contributed by atoms with van der Waals surface area (Å²) in [5.41, 5.74) is 5.31.